The van der Waals surface area contributed by atoms with E-state index in [1.54, 1.807) is 20.3 Å². The van der Waals surface area contributed by atoms with E-state index < -0.39 is 11.7 Å². The van der Waals surface area contributed by atoms with Crippen LogP contribution in [0.25, 0.3) is 0 Å². The van der Waals surface area contributed by atoms with Crippen molar-refractivity contribution in [2.24, 2.45) is 4.99 Å². The monoisotopic (exact) mass is 553 g/mol. The number of guanidine groups is 1. The van der Waals surface area contributed by atoms with E-state index in [0.29, 0.717) is 37.1 Å². The molecule has 3 N–H and O–H groups in total. The van der Waals surface area contributed by atoms with Crippen molar-refractivity contribution in [1.82, 2.24) is 15.6 Å². The van der Waals surface area contributed by atoms with Gasteiger partial charge in [0.25, 0.3) is 0 Å². The van der Waals surface area contributed by atoms with Gasteiger partial charge in [-0.25, -0.2) is 9.98 Å². The smallest absolute Gasteiger partial charge is 0.419 e. The molecule has 0 radical (unpaired) electrons. The Hall–Kier alpha value is -2.44. The second kappa shape index (κ2) is 13.1. The van der Waals surface area contributed by atoms with Crippen molar-refractivity contribution in [3.05, 3.63) is 47.7 Å². The summed E-state index contributed by atoms with van der Waals surface area (Å²) in [6, 6.07) is 7.72. The summed E-state index contributed by atoms with van der Waals surface area (Å²) in [7, 11) is 3.15. The number of ether oxygens (including phenoxy) is 2. The molecule has 172 valence electrons. The first-order valence-corrected chi connectivity index (χ1v) is 9.38. The van der Waals surface area contributed by atoms with E-state index in [1.807, 2.05) is 19.1 Å². The van der Waals surface area contributed by atoms with Crippen LogP contribution in [0.1, 0.15) is 18.1 Å². The minimum Gasteiger partial charge on any atom is -0.497 e. The van der Waals surface area contributed by atoms with Gasteiger partial charge in [-0.1, -0.05) is 0 Å². The highest BCUT2D eigenvalue weighted by Gasteiger charge is 2.33. The first-order chi connectivity index (χ1) is 14.4. The average Bonchev–Trinajstić information content (AvgIpc) is 2.74. The number of rotatable bonds is 9. The molecule has 0 spiro atoms. The largest absolute Gasteiger partial charge is 0.497 e. The van der Waals surface area contributed by atoms with E-state index in [4.69, 9.17) is 9.47 Å². The van der Waals surface area contributed by atoms with Crippen molar-refractivity contribution in [2.75, 3.05) is 39.2 Å². The molecule has 0 fully saturated rings. The number of methoxy groups -OCH3 is 2. The van der Waals surface area contributed by atoms with Gasteiger partial charge in [-0.2, -0.15) is 13.2 Å². The van der Waals surface area contributed by atoms with Crippen LogP contribution in [0.3, 0.4) is 0 Å². The van der Waals surface area contributed by atoms with Crippen LogP contribution in [-0.4, -0.2) is 44.8 Å². The molecule has 0 amide bonds. The van der Waals surface area contributed by atoms with Crippen molar-refractivity contribution in [2.45, 2.75) is 19.6 Å². The molecule has 2 aromatic rings. The lowest BCUT2D eigenvalue weighted by Crippen LogP contribution is -2.39. The lowest BCUT2D eigenvalue weighted by molar-refractivity contribution is -0.137. The molecule has 0 aliphatic heterocycles. The minimum absolute atomic E-state index is 0. The fourth-order valence-corrected chi connectivity index (χ4v) is 2.63. The summed E-state index contributed by atoms with van der Waals surface area (Å²) in [5.74, 6) is 1.68. The van der Waals surface area contributed by atoms with Gasteiger partial charge in [-0.3, -0.25) is 0 Å². The third kappa shape index (κ3) is 8.31. The van der Waals surface area contributed by atoms with Crippen LogP contribution in [-0.2, 0) is 12.7 Å². The van der Waals surface area contributed by atoms with E-state index in [0.717, 1.165) is 11.6 Å². The van der Waals surface area contributed by atoms with Crippen LogP contribution < -0.4 is 25.4 Å². The zero-order chi connectivity index (χ0) is 22.0. The summed E-state index contributed by atoms with van der Waals surface area (Å²) in [6.07, 6.45) is -3.14. The van der Waals surface area contributed by atoms with Crippen LogP contribution in [0.5, 0.6) is 11.5 Å². The lowest BCUT2D eigenvalue weighted by Gasteiger charge is -2.15. The van der Waals surface area contributed by atoms with Gasteiger partial charge >= 0.3 is 6.18 Å². The first-order valence-electron chi connectivity index (χ1n) is 9.38. The Morgan fingerprint density at radius 2 is 1.87 bits per heavy atom. The predicted octanol–water partition coefficient (Wildman–Crippen LogP) is 3.90. The molecule has 7 nitrogen and oxygen atoms in total. The highest BCUT2D eigenvalue weighted by molar-refractivity contribution is 14.0. The SMILES string of the molecule is CCNC(=NCc1ccc(OC)cc1OC)NCCNc1ncccc1C(F)(F)F.I. The number of aromatic nitrogens is 1. The number of aliphatic imine (C=N–C) groups is 1. The topological polar surface area (TPSA) is 79.8 Å². The maximum atomic E-state index is 13.0. The molecule has 0 saturated heterocycles. The third-order valence-electron chi connectivity index (χ3n) is 4.07. The number of alkyl halides is 3. The number of nitrogens with zero attached hydrogens (tertiary/aromatic N) is 2. The van der Waals surface area contributed by atoms with Crippen molar-refractivity contribution in [3.63, 3.8) is 0 Å². The van der Waals surface area contributed by atoms with Gasteiger partial charge in [0.2, 0.25) is 0 Å². The average molecular weight is 553 g/mol. The third-order valence-corrected chi connectivity index (χ3v) is 4.07. The number of benzene rings is 1. The molecular weight excluding hydrogens is 526 g/mol. The Morgan fingerprint density at radius 1 is 1.10 bits per heavy atom. The molecule has 31 heavy (non-hydrogen) atoms. The number of hydrogen-bond acceptors (Lipinski definition) is 5. The number of anilines is 1. The predicted molar refractivity (Wildman–Crippen MR) is 126 cm³/mol. The lowest BCUT2D eigenvalue weighted by atomic mass is 10.2. The molecule has 0 saturated carbocycles. The minimum atomic E-state index is -4.46. The normalized spacial score (nSPS) is 11.4. The van der Waals surface area contributed by atoms with Gasteiger partial charge < -0.3 is 25.4 Å². The van der Waals surface area contributed by atoms with E-state index in [1.165, 1.54) is 12.3 Å². The summed E-state index contributed by atoms with van der Waals surface area (Å²) in [5, 5.41) is 8.89. The van der Waals surface area contributed by atoms with Gasteiger partial charge in [0.15, 0.2) is 5.96 Å². The summed E-state index contributed by atoms with van der Waals surface area (Å²) >= 11 is 0. The highest BCUT2D eigenvalue weighted by Crippen LogP contribution is 2.33. The number of halogens is 4. The van der Waals surface area contributed by atoms with E-state index in [2.05, 4.69) is 25.9 Å². The number of nitrogens with one attached hydrogen (secondary N) is 3. The number of pyridine rings is 1. The van der Waals surface area contributed by atoms with Crippen molar-refractivity contribution in [1.29, 1.82) is 0 Å². The van der Waals surface area contributed by atoms with Gasteiger partial charge in [0.05, 0.1) is 26.3 Å². The first kappa shape index (κ1) is 26.6. The van der Waals surface area contributed by atoms with Crippen molar-refractivity contribution >= 4 is 35.8 Å². The molecule has 0 unspecified atom stereocenters. The Kier molecular flexibility index (Phi) is 11.2. The molecule has 0 bridgehead atoms. The van der Waals surface area contributed by atoms with Crippen LogP contribution in [0.4, 0.5) is 19.0 Å². The van der Waals surface area contributed by atoms with Crippen LogP contribution in [0, 0.1) is 0 Å². The quantitative estimate of drug-likeness (QED) is 0.189. The Morgan fingerprint density at radius 3 is 2.52 bits per heavy atom. The molecule has 2 rings (SSSR count). The van der Waals surface area contributed by atoms with E-state index in [9.17, 15) is 13.2 Å². The molecule has 1 aromatic carbocycles. The van der Waals surface area contributed by atoms with E-state index in [-0.39, 0.29) is 36.3 Å². The zero-order valence-corrected chi connectivity index (χ0v) is 19.9. The van der Waals surface area contributed by atoms with Crippen molar-refractivity contribution < 1.29 is 22.6 Å². The van der Waals surface area contributed by atoms with E-state index >= 15 is 0 Å². The maximum absolute atomic E-state index is 13.0. The molecule has 0 aliphatic carbocycles. The molecule has 0 aliphatic rings. The van der Waals surface area contributed by atoms with Gasteiger partial charge in [0.1, 0.15) is 17.3 Å². The summed E-state index contributed by atoms with van der Waals surface area (Å²) in [4.78, 5) is 8.28. The molecule has 0 atom stereocenters. The van der Waals surface area contributed by atoms with Gasteiger partial charge in [-0.15, -0.1) is 24.0 Å². The standard InChI is InChI=1S/C20H26F3N5O2.HI/c1-4-24-19(28-13-14-7-8-15(29-2)12-17(14)30-3)27-11-10-26-18-16(20(21,22)23)6-5-9-25-18;/h5-9,12H,4,10-11,13H2,1-3H3,(H,25,26)(H2,24,27,28);1H. The Labute approximate surface area is 196 Å². The zero-order valence-electron chi connectivity index (χ0n) is 17.5. The van der Waals surface area contributed by atoms with Crippen LogP contribution in [0.15, 0.2) is 41.5 Å². The summed E-state index contributed by atoms with van der Waals surface area (Å²) < 4.78 is 49.6. The van der Waals surface area contributed by atoms with Gasteiger partial charge in [0, 0.05) is 37.5 Å². The fourth-order valence-electron chi connectivity index (χ4n) is 2.63. The molecule has 1 aromatic heterocycles. The van der Waals surface area contributed by atoms with Gasteiger partial charge in [-0.05, 0) is 31.2 Å². The summed E-state index contributed by atoms with van der Waals surface area (Å²) in [5.41, 5.74) is 0.0779. The molecule has 11 heteroatoms. The maximum Gasteiger partial charge on any atom is 0.419 e. The Bertz CT molecular complexity index is 850. The fraction of sp³-hybridized carbons (Fsp3) is 0.400. The summed E-state index contributed by atoms with van der Waals surface area (Å²) in [6.45, 7) is 3.49. The van der Waals surface area contributed by atoms with Crippen LogP contribution in [0.2, 0.25) is 0 Å². The number of hydrogen-bond donors (Lipinski definition) is 3. The second-order valence-corrected chi connectivity index (χ2v) is 6.12. The second-order valence-electron chi connectivity index (χ2n) is 6.12. The van der Waals surface area contributed by atoms with Crippen molar-refractivity contribution in [3.8, 4) is 11.5 Å². The molecule has 1 heterocycles. The Balaban J connectivity index is 0.00000480. The highest BCUT2D eigenvalue weighted by atomic mass is 127. The van der Waals surface area contributed by atoms with Crippen LogP contribution >= 0.6 is 24.0 Å². The molecular formula is C20H27F3IN5O2.